The van der Waals surface area contributed by atoms with Crippen LogP contribution in [0.25, 0.3) is 0 Å². The number of aromatic nitrogens is 2. The van der Waals surface area contributed by atoms with Gasteiger partial charge in [-0.05, 0) is 26.2 Å². The van der Waals surface area contributed by atoms with Crippen LogP contribution in [-0.2, 0) is 0 Å². The second-order valence-corrected chi connectivity index (χ2v) is 5.13. The zero-order chi connectivity index (χ0) is 16.7. The number of para-hydroxylation sites is 1. The van der Waals surface area contributed by atoms with E-state index in [2.05, 4.69) is 20.6 Å². The summed E-state index contributed by atoms with van der Waals surface area (Å²) in [6.45, 7) is 1.56. The maximum Gasteiger partial charge on any atom is 0.274 e. The fourth-order valence-electron chi connectivity index (χ4n) is 1.86. The van der Waals surface area contributed by atoms with E-state index in [9.17, 15) is 4.79 Å². The second kappa shape index (κ2) is 7.87. The molecule has 0 bridgehead atoms. The Balaban J connectivity index is 2.06. The van der Waals surface area contributed by atoms with Gasteiger partial charge in [0.1, 0.15) is 23.9 Å². The summed E-state index contributed by atoms with van der Waals surface area (Å²) < 4.78 is 0. The van der Waals surface area contributed by atoms with E-state index in [4.69, 9.17) is 5.26 Å². The lowest BCUT2D eigenvalue weighted by molar-refractivity contribution is 0.102. The van der Waals surface area contributed by atoms with Gasteiger partial charge < -0.3 is 15.5 Å². The Morgan fingerprint density at radius 3 is 2.83 bits per heavy atom. The number of hydrogen-bond acceptors (Lipinski definition) is 6. The second-order valence-electron chi connectivity index (χ2n) is 5.13. The number of amides is 1. The van der Waals surface area contributed by atoms with Crippen LogP contribution in [0.4, 0.5) is 11.5 Å². The molecule has 0 fully saturated rings. The topological polar surface area (TPSA) is 93.9 Å². The van der Waals surface area contributed by atoms with Crippen LogP contribution < -0.4 is 10.6 Å². The fourth-order valence-corrected chi connectivity index (χ4v) is 1.86. The van der Waals surface area contributed by atoms with Gasteiger partial charge in [0.2, 0.25) is 0 Å². The summed E-state index contributed by atoms with van der Waals surface area (Å²) in [7, 11) is 3.96. The monoisotopic (exact) mass is 310 g/mol. The molecule has 0 unspecified atom stereocenters. The van der Waals surface area contributed by atoms with Crippen molar-refractivity contribution >= 4 is 17.4 Å². The molecule has 0 aliphatic carbocycles. The molecule has 0 atom stereocenters. The first kappa shape index (κ1) is 16.4. The maximum absolute atomic E-state index is 12.3. The van der Waals surface area contributed by atoms with E-state index < -0.39 is 0 Å². The summed E-state index contributed by atoms with van der Waals surface area (Å²) in [6, 6.07) is 10.4. The SMILES string of the molecule is CN(C)CCNc1cc(C(=O)Nc2ccccc2C#N)ncn1. The van der Waals surface area contributed by atoms with Crippen LogP contribution in [0.2, 0.25) is 0 Å². The molecule has 0 radical (unpaired) electrons. The smallest absolute Gasteiger partial charge is 0.274 e. The van der Waals surface area contributed by atoms with Crippen LogP contribution in [0.15, 0.2) is 36.7 Å². The summed E-state index contributed by atoms with van der Waals surface area (Å²) in [4.78, 5) is 22.4. The summed E-state index contributed by atoms with van der Waals surface area (Å²) >= 11 is 0. The predicted octanol–water partition coefficient (Wildman–Crippen LogP) is 1.57. The molecule has 118 valence electrons. The van der Waals surface area contributed by atoms with Gasteiger partial charge in [0.25, 0.3) is 5.91 Å². The molecule has 2 rings (SSSR count). The minimum absolute atomic E-state index is 0.236. The third kappa shape index (κ3) is 4.76. The number of carbonyl (C=O) groups is 1. The molecule has 2 aromatic rings. The Morgan fingerprint density at radius 2 is 2.09 bits per heavy atom. The first-order valence-corrected chi connectivity index (χ1v) is 7.11. The number of anilines is 2. The van der Waals surface area contributed by atoms with Gasteiger partial charge in [0.05, 0.1) is 11.3 Å². The molecule has 23 heavy (non-hydrogen) atoms. The average Bonchev–Trinajstić information content (AvgIpc) is 2.55. The predicted molar refractivity (Wildman–Crippen MR) is 88.2 cm³/mol. The van der Waals surface area contributed by atoms with Gasteiger partial charge in [-0.2, -0.15) is 5.26 Å². The zero-order valence-electron chi connectivity index (χ0n) is 13.1. The van der Waals surface area contributed by atoms with Crippen molar-refractivity contribution in [3.63, 3.8) is 0 Å². The molecule has 0 aliphatic rings. The largest absolute Gasteiger partial charge is 0.369 e. The highest BCUT2D eigenvalue weighted by atomic mass is 16.1. The van der Waals surface area contributed by atoms with Gasteiger partial charge in [0, 0.05) is 19.2 Å². The van der Waals surface area contributed by atoms with Crippen LogP contribution in [0, 0.1) is 11.3 Å². The molecular weight excluding hydrogens is 292 g/mol. The third-order valence-electron chi connectivity index (χ3n) is 3.06. The van der Waals surface area contributed by atoms with E-state index in [1.54, 1.807) is 30.3 Å². The molecule has 1 aromatic carbocycles. The van der Waals surface area contributed by atoms with Gasteiger partial charge in [-0.15, -0.1) is 0 Å². The van der Waals surface area contributed by atoms with E-state index in [1.165, 1.54) is 6.33 Å². The van der Waals surface area contributed by atoms with Gasteiger partial charge in [-0.25, -0.2) is 9.97 Å². The van der Waals surface area contributed by atoms with Crippen molar-refractivity contribution in [2.75, 3.05) is 37.8 Å². The Hall–Kier alpha value is -2.98. The Labute approximate surface area is 135 Å². The number of likely N-dealkylation sites (N-methyl/N-ethyl adjacent to an activating group) is 1. The molecule has 0 saturated carbocycles. The van der Waals surface area contributed by atoms with Crippen molar-refractivity contribution in [3.8, 4) is 6.07 Å². The number of nitriles is 1. The molecular formula is C16H18N6O. The molecule has 2 N–H and O–H groups in total. The minimum Gasteiger partial charge on any atom is -0.369 e. The number of hydrogen-bond donors (Lipinski definition) is 2. The van der Waals surface area contributed by atoms with Gasteiger partial charge in [-0.3, -0.25) is 4.79 Å². The first-order chi connectivity index (χ1) is 11.1. The normalized spacial score (nSPS) is 10.2. The van der Waals surface area contributed by atoms with Gasteiger partial charge >= 0.3 is 0 Å². The molecule has 1 heterocycles. The highest BCUT2D eigenvalue weighted by Gasteiger charge is 2.11. The lowest BCUT2D eigenvalue weighted by Crippen LogP contribution is -2.21. The van der Waals surface area contributed by atoms with E-state index in [0.717, 1.165) is 6.54 Å². The Kier molecular flexibility index (Phi) is 5.61. The summed E-state index contributed by atoms with van der Waals surface area (Å²) in [6.07, 6.45) is 1.34. The quantitative estimate of drug-likeness (QED) is 0.841. The van der Waals surface area contributed by atoms with Crippen LogP contribution in [0.3, 0.4) is 0 Å². The van der Waals surface area contributed by atoms with Gasteiger partial charge in [0.15, 0.2) is 0 Å². The van der Waals surface area contributed by atoms with Crippen LogP contribution in [-0.4, -0.2) is 48.0 Å². The van der Waals surface area contributed by atoms with Gasteiger partial charge in [-0.1, -0.05) is 12.1 Å². The summed E-state index contributed by atoms with van der Waals surface area (Å²) in [5, 5.41) is 14.9. The van der Waals surface area contributed by atoms with Crippen molar-refractivity contribution < 1.29 is 4.79 Å². The molecule has 1 aromatic heterocycles. The summed E-state index contributed by atoms with van der Waals surface area (Å²) in [5.74, 6) is 0.200. The van der Waals surface area contributed by atoms with E-state index in [-0.39, 0.29) is 11.6 Å². The first-order valence-electron chi connectivity index (χ1n) is 7.11. The third-order valence-corrected chi connectivity index (χ3v) is 3.06. The fraction of sp³-hybridized carbons (Fsp3) is 0.250. The molecule has 1 amide bonds. The van der Waals surface area contributed by atoms with Crippen molar-refractivity contribution in [3.05, 3.63) is 47.9 Å². The van der Waals surface area contributed by atoms with Crippen LogP contribution in [0.1, 0.15) is 16.1 Å². The number of benzene rings is 1. The van der Waals surface area contributed by atoms with Crippen LogP contribution >= 0.6 is 0 Å². The van der Waals surface area contributed by atoms with E-state index >= 15 is 0 Å². The average molecular weight is 310 g/mol. The van der Waals surface area contributed by atoms with Crippen molar-refractivity contribution in [1.29, 1.82) is 5.26 Å². The highest BCUT2D eigenvalue weighted by Crippen LogP contribution is 2.15. The molecule has 7 heteroatoms. The van der Waals surface area contributed by atoms with E-state index in [0.29, 0.717) is 23.6 Å². The molecule has 0 saturated heterocycles. The minimum atomic E-state index is -0.384. The van der Waals surface area contributed by atoms with Crippen molar-refractivity contribution in [1.82, 2.24) is 14.9 Å². The van der Waals surface area contributed by atoms with Crippen molar-refractivity contribution in [2.24, 2.45) is 0 Å². The standard InChI is InChI=1S/C16H18N6O/c1-22(2)8-7-18-15-9-14(19-11-20-15)16(23)21-13-6-4-3-5-12(13)10-17/h3-6,9,11H,7-8H2,1-2H3,(H,21,23)(H,18,19,20). The Bertz CT molecular complexity index is 723. The lowest BCUT2D eigenvalue weighted by Gasteiger charge is -2.11. The molecule has 0 aliphatic heterocycles. The van der Waals surface area contributed by atoms with E-state index in [1.807, 2.05) is 25.1 Å². The maximum atomic E-state index is 12.3. The lowest BCUT2D eigenvalue weighted by atomic mass is 10.2. The molecule has 7 nitrogen and oxygen atoms in total. The number of carbonyl (C=O) groups excluding carboxylic acids is 1. The number of nitrogens with zero attached hydrogens (tertiary/aromatic N) is 4. The van der Waals surface area contributed by atoms with Crippen molar-refractivity contribution in [2.45, 2.75) is 0 Å². The Morgan fingerprint density at radius 1 is 1.30 bits per heavy atom. The zero-order valence-corrected chi connectivity index (χ0v) is 13.1. The number of rotatable bonds is 6. The highest BCUT2D eigenvalue weighted by molar-refractivity contribution is 6.03. The van der Waals surface area contributed by atoms with Crippen LogP contribution in [0.5, 0.6) is 0 Å². The summed E-state index contributed by atoms with van der Waals surface area (Å²) in [5.41, 5.74) is 1.10. The molecule has 0 spiro atoms. The number of nitrogens with one attached hydrogen (secondary N) is 2.